The van der Waals surface area contributed by atoms with E-state index < -0.39 is 24.3 Å². The Bertz CT molecular complexity index is 1790. The molecule has 0 amide bonds. The molecule has 0 radical (unpaired) electrons. The highest BCUT2D eigenvalue weighted by Gasteiger charge is 2.22. The van der Waals surface area contributed by atoms with Gasteiger partial charge in [0.2, 0.25) is 0 Å². The van der Waals surface area contributed by atoms with Crippen LogP contribution < -0.4 is 5.11 Å². The Hall–Kier alpha value is -3.27. The Labute approximate surface area is 589 Å². The molecule has 9 heteroatoms. The number of quaternary nitrogens is 1. The van der Waals surface area contributed by atoms with Gasteiger partial charge in [0.15, 0.2) is 12.4 Å². The van der Waals surface area contributed by atoms with Crippen LogP contribution in [-0.4, -0.2) is 82.3 Å². The van der Waals surface area contributed by atoms with Gasteiger partial charge in [-0.2, -0.15) is 0 Å². The van der Waals surface area contributed by atoms with Gasteiger partial charge in [0, 0.05) is 12.8 Å². The Morgan fingerprint density at radius 2 is 0.600 bits per heavy atom. The summed E-state index contributed by atoms with van der Waals surface area (Å²) in [5.74, 6) is -2.25. The quantitative estimate of drug-likeness (QED) is 0.0195. The van der Waals surface area contributed by atoms with E-state index in [9.17, 15) is 19.5 Å². The van der Waals surface area contributed by atoms with Crippen LogP contribution in [-0.2, 0) is 33.3 Å². The lowest BCUT2D eigenvalue weighted by molar-refractivity contribution is -0.870. The summed E-state index contributed by atoms with van der Waals surface area (Å²) in [6.07, 6.45) is 100. The van der Waals surface area contributed by atoms with Gasteiger partial charge in [0.1, 0.15) is 13.2 Å². The van der Waals surface area contributed by atoms with Gasteiger partial charge in [0.05, 0.1) is 40.3 Å². The predicted molar refractivity (Wildman–Crippen MR) is 408 cm³/mol. The molecule has 0 spiro atoms. The van der Waals surface area contributed by atoms with Crippen molar-refractivity contribution in [2.45, 2.75) is 411 Å². The van der Waals surface area contributed by atoms with Crippen molar-refractivity contribution in [1.29, 1.82) is 0 Å². The first-order valence-corrected chi connectivity index (χ1v) is 41.1. The van der Waals surface area contributed by atoms with E-state index in [-0.39, 0.29) is 32.2 Å². The first kappa shape index (κ1) is 91.7. The van der Waals surface area contributed by atoms with E-state index in [1.807, 2.05) is 21.1 Å². The minimum Gasteiger partial charge on any atom is -0.545 e. The SMILES string of the molecule is CC/C=C\C/C=C\C/C=C\C/C=C\C/C=C\CCCCCCCCCCCCCCCCCCCCCC(=O)OC(COC(=O)CCCCCCCCCCCCCCCCCCCCCCCCC/C=C\CCCCCCCCCC)COC(OCC[N+](C)(C)C)C(=O)[O-]. The van der Waals surface area contributed by atoms with Crippen LogP contribution in [0.4, 0.5) is 0 Å². The number of carboxylic acids is 1. The van der Waals surface area contributed by atoms with Crippen molar-refractivity contribution in [3.8, 4) is 0 Å². The van der Waals surface area contributed by atoms with Gasteiger partial charge in [-0.25, -0.2) is 0 Å². The largest absolute Gasteiger partial charge is 0.545 e. The number of carbonyl (C=O) groups excluding carboxylic acids is 3. The molecule has 0 heterocycles. The molecule has 0 aromatic rings. The van der Waals surface area contributed by atoms with Crippen LogP contribution in [0.2, 0.25) is 0 Å². The second-order valence-corrected chi connectivity index (χ2v) is 29.0. The van der Waals surface area contributed by atoms with E-state index in [1.54, 1.807) is 0 Å². The minimum atomic E-state index is -1.62. The summed E-state index contributed by atoms with van der Waals surface area (Å²) in [6, 6.07) is 0. The number of hydrogen-bond acceptors (Lipinski definition) is 8. The zero-order valence-corrected chi connectivity index (χ0v) is 63.6. The van der Waals surface area contributed by atoms with Crippen LogP contribution in [0.15, 0.2) is 72.9 Å². The zero-order valence-electron chi connectivity index (χ0n) is 63.6. The van der Waals surface area contributed by atoms with E-state index in [0.717, 1.165) is 64.2 Å². The van der Waals surface area contributed by atoms with Gasteiger partial charge in [-0.1, -0.05) is 376 Å². The molecular formula is C86H157NO8. The predicted octanol–water partition coefficient (Wildman–Crippen LogP) is 25.0. The number of carbonyl (C=O) groups is 3. The summed E-state index contributed by atoms with van der Waals surface area (Å²) in [7, 11) is 5.95. The van der Waals surface area contributed by atoms with Crippen molar-refractivity contribution in [2.24, 2.45) is 0 Å². The topological polar surface area (TPSA) is 111 Å². The smallest absolute Gasteiger partial charge is 0.306 e. The number of likely N-dealkylation sites (N-methyl/N-ethyl adjacent to an activating group) is 1. The molecule has 0 fully saturated rings. The third-order valence-corrected chi connectivity index (χ3v) is 18.4. The number of carboxylic acid groups (broad SMARTS) is 1. The normalized spacial score (nSPS) is 13.0. The van der Waals surface area contributed by atoms with Gasteiger partial charge < -0.3 is 33.3 Å². The zero-order chi connectivity index (χ0) is 69.0. The van der Waals surface area contributed by atoms with Crippen LogP contribution in [0, 0.1) is 0 Å². The fraction of sp³-hybridized carbons (Fsp3) is 0.826. The number of rotatable bonds is 77. The number of esters is 2. The summed E-state index contributed by atoms with van der Waals surface area (Å²) in [5.41, 5.74) is 0. The van der Waals surface area contributed by atoms with Gasteiger partial charge >= 0.3 is 11.9 Å². The second kappa shape index (κ2) is 76.5. The molecule has 9 nitrogen and oxygen atoms in total. The molecule has 0 aromatic heterocycles. The van der Waals surface area contributed by atoms with E-state index in [2.05, 4.69) is 86.8 Å². The summed E-state index contributed by atoms with van der Waals surface area (Å²) in [6.45, 7) is 4.70. The first-order chi connectivity index (χ1) is 46.6. The monoisotopic (exact) mass is 1330 g/mol. The van der Waals surface area contributed by atoms with E-state index >= 15 is 0 Å². The average molecular weight is 1330 g/mol. The molecule has 0 saturated carbocycles. The van der Waals surface area contributed by atoms with Gasteiger partial charge in [-0.15, -0.1) is 0 Å². The van der Waals surface area contributed by atoms with Crippen LogP contribution in [0.3, 0.4) is 0 Å². The molecule has 0 N–H and O–H groups in total. The molecule has 0 bridgehead atoms. The Balaban J connectivity index is 3.97. The summed E-state index contributed by atoms with van der Waals surface area (Å²) >= 11 is 0. The summed E-state index contributed by atoms with van der Waals surface area (Å²) in [4.78, 5) is 37.6. The van der Waals surface area contributed by atoms with E-state index in [4.69, 9.17) is 18.9 Å². The van der Waals surface area contributed by atoms with Crippen molar-refractivity contribution in [1.82, 2.24) is 0 Å². The molecule has 0 rings (SSSR count). The highest BCUT2D eigenvalue weighted by molar-refractivity contribution is 5.70. The van der Waals surface area contributed by atoms with Crippen LogP contribution >= 0.6 is 0 Å². The molecule has 554 valence electrons. The lowest BCUT2D eigenvalue weighted by atomic mass is 10.0. The van der Waals surface area contributed by atoms with Crippen molar-refractivity contribution in [3.63, 3.8) is 0 Å². The fourth-order valence-corrected chi connectivity index (χ4v) is 12.2. The van der Waals surface area contributed by atoms with E-state index in [0.29, 0.717) is 23.9 Å². The van der Waals surface area contributed by atoms with Gasteiger partial charge in [-0.3, -0.25) is 9.59 Å². The maximum Gasteiger partial charge on any atom is 0.306 e. The number of unbranched alkanes of at least 4 members (excludes halogenated alkanes) is 50. The van der Waals surface area contributed by atoms with Crippen molar-refractivity contribution in [2.75, 3.05) is 47.5 Å². The third kappa shape index (κ3) is 77.9. The number of ether oxygens (including phenoxy) is 4. The fourth-order valence-electron chi connectivity index (χ4n) is 12.2. The molecule has 0 aliphatic heterocycles. The highest BCUT2D eigenvalue weighted by Crippen LogP contribution is 2.20. The van der Waals surface area contributed by atoms with Crippen molar-refractivity contribution in [3.05, 3.63) is 72.9 Å². The number of aliphatic carboxylic acids is 1. The standard InChI is InChI=1S/C86H157NO8/c1-6-8-10-12-14-16-18-20-22-24-26-28-30-32-34-36-38-40-42-44-46-48-50-52-54-56-58-60-62-64-66-68-70-72-74-76-83(88)93-80-82(81-94-86(85(90)91)92-79-78-87(3,4)5)95-84(89)77-75-73-71-69-67-65-63-61-59-57-55-53-51-49-47-45-43-41-39-37-35-33-31-29-27-25-23-21-19-17-15-13-11-9-7-2/h9,11,15,17,21,23-24,26-27,29,33,35,82,86H,6-8,10,12-14,16,18-20,22,25,28,30-32,34,36-81H2,1-5H3/b11-9-,17-15-,23-21-,26-24-,29-27-,35-33-. The lowest BCUT2D eigenvalue weighted by Gasteiger charge is -2.26. The molecule has 0 aromatic carbocycles. The maximum atomic E-state index is 13.0. The molecule has 0 aliphatic rings. The van der Waals surface area contributed by atoms with Crippen LogP contribution in [0.5, 0.6) is 0 Å². The van der Waals surface area contributed by atoms with E-state index in [1.165, 1.54) is 302 Å². The molecule has 2 unspecified atom stereocenters. The number of nitrogens with zero attached hydrogens (tertiary/aromatic N) is 1. The highest BCUT2D eigenvalue weighted by atomic mass is 16.7. The first-order valence-electron chi connectivity index (χ1n) is 41.1. The number of allylic oxidation sites excluding steroid dienone is 12. The summed E-state index contributed by atoms with van der Waals surface area (Å²) in [5, 5.41) is 11.9. The third-order valence-electron chi connectivity index (χ3n) is 18.4. The summed E-state index contributed by atoms with van der Waals surface area (Å²) < 4.78 is 22.9. The van der Waals surface area contributed by atoms with Crippen LogP contribution in [0.25, 0.3) is 0 Å². The molecule has 0 aliphatic carbocycles. The molecule has 0 saturated heterocycles. The second-order valence-electron chi connectivity index (χ2n) is 29.0. The molecule has 95 heavy (non-hydrogen) atoms. The maximum absolute atomic E-state index is 13.0. The Morgan fingerprint density at radius 1 is 0.326 bits per heavy atom. The molecule has 2 atom stereocenters. The van der Waals surface area contributed by atoms with Crippen molar-refractivity contribution >= 4 is 17.9 Å². The lowest BCUT2D eigenvalue weighted by Crippen LogP contribution is -2.44. The van der Waals surface area contributed by atoms with Gasteiger partial charge in [0.25, 0.3) is 0 Å². The van der Waals surface area contributed by atoms with Crippen molar-refractivity contribution < 1.29 is 42.9 Å². The van der Waals surface area contributed by atoms with Gasteiger partial charge in [-0.05, 0) is 83.5 Å². The molecular weight excluding hydrogens is 1170 g/mol. The number of hydrogen-bond donors (Lipinski definition) is 0. The average Bonchev–Trinajstić information content (AvgIpc) is 3.58. The van der Waals surface area contributed by atoms with Crippen LogP contribution in [0.1, 0.15) is 399 Å². The Kier molecular flexibility index (Phi) is 73.9. The minimum absolute atomic E-state index is 0.149. The Morgan fingerprint density at radius 3 is 0.905 bits per heavy atom.